The van der Waals surface area contributed by atoms with Gasteiger partial charge in [0.25, 0.3) is 0 Å². The number of benzene rings is 1. The van der Waals surface area contributed by atoms with E-state index in [4.69, 9.17) is 34.7 Å². The molecule has 1 aromatic carbocycles. The van der Waals surface area contributed by atoms with Crippen LogP contribution in [0.4, 0.5) is 11.8 Å². The van der Waals surface area contributed by atoms with Crippen molar-refractivity contribution in [3.63, 3.8) is 0 Å². The van der Waals surface area contributed by atoms with Gasteiger partial charge in [-0.15, -0.1) is 0 Å². The van der Waals surface area contributed by atoms with Gasteiger partial charge in [-0.05, 0) is 18.2 Å². The van der Waals surface area contributed by atoms with Crippen LogP contribution in [0.5, 0.6) is 0 Å². The topological polar surface area (TPSA) is 77.8 Å². The van der Waals surface area contributed by atoms with Crippen molar-refractivity contribution >= 4 is 46.7 Å². The zero-order valence-electron chi connectivity index (χ0n) is 8.52. The summed E-state index contributed by atoms with van der Waals surface area (Å²) in [6.07, 6.45) is 0. The van der Waals surface area contributed by atoms with Crippen LogP contribution in [0.1, 0.15) is 0 Å². The number of anilines is 2. The lowest BCUT2D eigenvalue weighted by molar-refractivity contribution is 1.07. The third kappa shape index (κ3) is 3.15. The zero-order chi connectivity index (χ0) is 12.4. The molecule has 0 amide bonds. The lowest BCUT2D eigenvalue weighted by atomic mass is 10.4. The minimum absolute atomic E-state index is 0.146. The van der Waals surface area contributed by atoms with Gasteiger partial charge in [0.2, 0.25) is 5.95 Å². The molecule has 4 N–H and O–H groups in total. The Morgan fingerprint density at radius 1 is 1.00 bits per heavy atom. The molecule has 0 radical (unpaired) electrons. The molecule has 2 aromatic rings. The van der Waals surface area contributed by atoms with Gasteiger partial charge in [0.05, 0.1) is 10.0 Å². The Kier molecular flexibility index (Phi) is 3.61. The molecule has 1 aromatic heterocycles. The summed E-state index contributed by atoms with van der Waals surface area (Å²) in [7, 11) is 0. The Labute approximate surface area is 112 Å². The number of nitrogens with zero attached hydrogens (tertiary/aromatic N) is 2. The molecule has 88 valence electrons. The standard InChI is InChI=1S/C10H8Cl2N4S/c11-6-2-1-5(3-7(6)12)17-9-4-8(13)15-10(14)16-9/h1-4H,(H4,13,14,15,16). The highest BCUT2D eigenvalue weighted by molar-refractivity contribution is 7.99. The molecule has 1 heterocycles. The summed E-state index contributed by atoms with van der Waals surface area (Å²) in [5, 5.41) is 1.66. The fraction of sp³-hybridized carbons (Fsp3) is 0. The van der Waals surface area contributed by atoms with Crippen molar-refractivity contribution in [2.45, 2.75) is 9.92 Å². The van der Waals surface area contributed by atoms with E-state index in [-0.39, 0.29) is 5.95 Å². The van der Waals surface area contributed by atoms with Crippen LogP contribution in [-0.4, -0.2) is 9.97 Å². The maximum absolute atomic E-state index is 5.92. The average Bonchev–Trinajstić information content (AvgIpc) is 2.22. The van der Waals surface area contributed by atoms with E-state index in [0.29, 0.717) is 20.9 Å². The Bertz CT molecular complexity index is 542. The summed E-state index contributed by atoms with van der Waals surface area (Å²) in [4.78, 5) is 8.75. The van der Waals surface area contributed by atoms with Gasteiger partial charge in [-0.2, -0.15) is 4.98 Å². The highest BCUT2D eigenvalue weighted by atomic mass is 35.5. The van der Waals surface area contributed by atoms with Gasteiger partial charge in [-0.3, -0.25) is 0 Å². The number of nitrogens with two attached hydrogens (primary N) is 2. The largest absolute Gasteiger partial charge is 0.383 e. The van der Waals surface area contributed by atoms with Crippen LogP contribution in [0.15, 0.2) is 34.2 Å². The summed E-state index contributed by atoms with van der Waals surface area (Å²) >= 11 is 13.1. The van der Waals surface area contributed by atoms with Crippen molar-refractivity contribution < 1.29 is 0 Å². The van der Waals surface area contributed by atoms with Gasteiger partial charge >= 0.3 is 0 Å². The minimum Gasteiger partial charge on any atom is -0.383 e. The summed E-state index contributed by atoms with van der Waals surface area (Å²) in [6.45, 7) is 0. The summed E-state index contributed by atoms with van der Waals surface area (Å²) < 4.78 is 0. The smallest absolute Gasteiger partial charge is 0.223 e. The first-order valence-corrected chi connectivity index (χ1v) is 6.15. The van der Waals surface area contributed by atoms with Crippen LogP contribution in [0.25, 0.3) is 0 Å². The summed E-state index contributed by atoms with van der Waals surface area (Å²) in [5.41, 5.74) is 11.1. The van der Waals surface area contributed by atoms with Crippen molar-refractivity contribution in [1.29, 1.82) is 0 Å². The molecule has 0 spiro atoms. The normalized spacial score (nSPS) is 10.5. The SMILES string of the molecule is Nc1cc(Sc2ccc(Cl)c(Cl)c2)nc(N)n1. The van der Waals surface area contributed by atoms with Crippen LogP contribution in [0, 0.1) is 0 Å². The molecule has 2 rings (SSSR count). The molecule has 0 aliphatic carbocycles. The summed E-state index contributed by atoms with van der Waals surface area (Å²) in [6, 6.07) is 6.96. The predicted octanol–water partition coefficient (Wildman–Crippen LogP) is 3.10. The van der Waals surface area contributed by atoms with Gasteiger partial charge in [0, 0.05) is 11.0 Å². The third-order valence-electron chi connectivity index (χ3n) is 1.85. The van der Waals surface area contributed by atoms with E-state index >= 15 is 0 Å². The second kappa shape index (κ2) is 5.00. The van der Waals surface area contributed by atoms with E-state index in [1.807, 2.05) is 6.07 Å². The van der Waals surface area contributed by atoms with E-state index in [1.165, 1.54) is 11.8 Å². The minimum atomic E-state index is 0.146. The second-order valence-corrected chi connectivity index (χ2v) is 5.08. The lowest BCUT2D eigenvalue weighted by Gasteiger charge is -2.04. The molecular weight excluding hydrogens is 279 g/mol. The molecule has 0 atom stereocenters. The van der Waals surface area contributed by atoms with Crippen molar-refractivity contribution in [2.24, 2.45) is 0 Å². The van der Waals surface area contributed by atoms with Gasteiger partial charge in [0.15, 0.2) is 0 Å². The summed E-state index contributed by atoms with van der Waals surface area (Å²) in [5.74, 6) is 0.479. The first kappa shape index (κ1) is 12.3. The highest BCUT2D eigenvalue weighted by Gasteiger charge is 2.05. The van der Waals surface area contributed by atoms with Gasteiger partial charge in [0.1, 0.15) is 10.8 Å². The Morgan fingerprint density at radius 2 is 1.76 bits per heavy atom. The molecular formula is C10H8Cl2N4S. The highest BCUT2D eigenvalue weighted by Crippen LogP contribution is 2.32. The van der Waals surface area contributed by atoms with Gasteiger partial charge in [-0.25, -0.2) is 4.98 Å². The first-order chi connectivity index (χ1) is 8.04. The Hall–Kier alpha value is -1.17. The van der Waals surface area contributed by atoms with Crippen molar-refractivity contribution in [3.8, 4) is 0 Å². The van der Waals surface area contributed by atoms with E-state index in [0.717, 1.165) is 4.90 Å². The van der Waals surface area contributed by atoms with Crippen molar-refractivity contribution in [3.05, 3.63) is 34.3 Å². The molecule has 4 nitrogen and oxygen atoms in total. The molecule has 0 saturated carbocycles. The molecule has 17 heavy (non-hydrogen) atoms. The van der Waals surface area contributed by atoms with E-state index in [9.17, 15) is 0 Å². The number of halogens is 2. The van der Waals surface area contributed by atoms with Crippen molar-refractivity contribution in [2.75, 3.05) is 11.5 Å². The Morgan fingerprint density at radius 3 is 2.41 bits per heavy atom. The van der Waals surface area contributed by atoms with Crippen LogP contribution in [0.2, 0.25) is 10.0 Å². The third-order valence-corrected chi connectivity index (χ3v) is 3.50. The van der Waals surface area contributed by atoms with Crippen LogP contribution >= 0.6 is 35.0 Å². The molecule has 7 heteroatoms. The molecule has 0 aliphatic rings. The fourth-order valence-electron chi connectivity index (χ4n) is 1.17. The van der Waals surface area contributed by atoms with Gasteiger partial charge in [-0.1, -0.05) is 35.0 Å². The van der Waals surface area contributed by atoms with E-state index in [2.05, 4.69) is 9.97 Å². The lowest BCUT2D eigenvalue weighted by Crippen LogP contribution is -1.99. The molecule has 0 bridgehead atoms. The maximum atomic E-state index is 5.92. The maximum Gasteiger partial charge on any atom is 0.223 e. The molecule has 0 unspecified atom stereocenters. The number of nitrogen functional groups attached to an aromatic ring is 2. The van der Waals surface area contributed by atoms with Crippen LogP contribution < -0.4 is 11.5 Å². The van der Waals surface area contributed by atoms with Gasteiger partial charge < -0.3 is 11.5 Å². The van der Waals surface area contributed by atoms with Crippen LogP contribution in [0.3, 0.4) is 0 Å². The first-order valence-electron chi connectivity index (χ1n) is 4.57. The molecule has 0 aliphatic heterocycles. The fourth-order valence-corrected chi connectivity index (χ4v) is 2.41. The second-order valence-electron chi connectivity index (χ2n) is 3.17. The Balaban J connectivity index is 2.28. The number of aromatic nitrogens is 2. The quantitative estimate of drug-likeness (QED) is 0.830. The van der Waals surface area contributed by atoms with Crippen LogP contribution in [-0.2, 0) is 0 Å². The van der Waals surface area contributed by atoms with E-state index in [1.54, 1.807) is 18.2 Å². The number of hydrogen-bond donors (Lipinski definition) is 2. The monoisotopic (exact) mass is 286 g/mol. The predicted molar refractivity (Wildman–Crippen MR) is 71.4 cm³/mol. The number of rotatable bonds is 2. The zero-order valence-corrected chi connectivity index (χ0v) is 10.9. The van der Waals surface area contributed by atoms with Crippen molar-refractivity contribution in [1.82, 2.24) is 9.97 Å². The number of hydrogen-bond acceptors (Lipinski definition) is 5. The molecule has 0 fully saturated rings. The van der Waals surface area contributed by atoms with E-state index < -0.39 is 0 Å². The molecule has 0 saturated heterocycles. The average molecular weight is 287 g/mol.